The van der Waals surface area contributed by atoms with E-state index >= 15 is 0 Å². The van der Waals surface area contributed by atoms with Gasteiger partial charge in [0.15, 0.2) is 0 Å². The second-order valence-corrected chi connectivity index (χ2v) is 4.40. The highest BCUT2D eigenvalue weighted by Gasteiger charge is 2.06. The summed E-state index contributed by atoms with van der Waals surface area (Å²) in [7, 11) is 0. The summed E-state index contributed by atoms with van der Waals surface area (Å²) >= 11 is 2.62. The van der Waals surface area contributed by atoms with Gasteiger partial charge in [0.2, 0.25) is 5.13 Å². The monoisotopic (exact) mass is 240 g/mol. The lowest BCUT2D eigenvalue weighted by molar-refractivity contribution is 0.262. The number of aromatic nitrogens is 2. The molecule has 0 aliphatic heterocycles. The summed E-state index contributed by atoms with van der Waals surface area (Å²) in [6, 6.07) is 3.40. The first kappa shape index (κ1) is 10.1. The van der Waals surface area contributed by atoms with E-state index in [4.69, 9.17) is 0 Å². The second kappa shape index (κ2) is 4.37. The first-order valence-electron chi connectivity index (χ1n) is 4.16. The number of amides is 2. The Morgan fingerprint density at radius 3 is 2.93 bits per heavy atom. The number of urea groups is 1. The average molecular weight is 240 g/mol. The van der Waals surface area contributed by atoms with Crippen molar-refractivity contribution in [1.29, 1.82) is 0 Å². The number of carbonyl (C=O) groups is 1. The van der Waals surface area contributed by atoms with E-state index in [-0.39, 0.29) is 6.03 Å². The fourth-order valence-corrected chi connectivity index (χ4v) is 2.12. The highest BCUT2D eigenvalue weighted by Crippen LogP contribution is 2.16. The molecule has 0 saturated carbocycles. The quantitative estimate of drug-likeness (QED) is 0.847. The van der Waals surface area contributed by atoms with E-state index in [9.17, 15) is 4.79 Å². The average Bonchev–Trinajstić information content (AvgIpc) is 2.77. The number of nitrogens with one attached hydrogen (secondary N) is 2. The van der Waals surface area contributed by atoms with Gasteiger partial charge in [-0.15, -0.1) is 11.3 Å². The highest BCUT2D eigenvalue weighted by molar-refractivity contribution is 7.14. The minimum atomic E-state index is -0.298. The van der Waals surface area contributed by atoms with Crippen LogP contribution in [0.2, 0.25) is 0 Å². The zero-order valence-corrected chi connectivity index (χ0v) is 9.48. The molecular formula is C8H8N4OS2. The van der Waals surface area contributed by atoms with Crippen LogP contribution >= 0.6 is 22.9 Å². The maximum absolute atomic E-state index is 11.4. The maximum Gasteiger partial charge on any atom is 0.326 e. The van der Waals surface area contributed by atoms with Crippen LogP contribution in [0.25, 0.3) is 0 Å². The largest absolute Gasteiger partial charge is 0.326 e. The molecule has 2 aromatic rings. The van der Waals surface area contributed by atoms with Gasteiger partial charge in [0.25, 0.3) is 0 Å². The number of carbonyl (C=O) groups excluding carboxylic acids is 1. The van der Waals surface area contributed by atoms with Crippen molar-refractivity contribution >= 4 is 39.0 Å². The summed E-state index contributed by atoms with van der Waals surface area (Å²) in [5.74, 6) is 0.659. The fourth-order valence-electron chi connectivity index (χ4n) is 0.938. The van der Waals surface area contributed by atoms with Crippen LogP contribution in [0.4, 0.5) is 14.9 Å². The van der Waals surface area contributed by atoms with Crippen molar-refractivity contribution in [3.63, 3.8) is 0 Å². The van der Waals surface area contributed by atoms with Crippen molar-refractivity contribution in [3.05, 3.63) is 23.3 Å². The molecule has 0 atom stereocenters. The first-order chi connectivity index (χ1) is 7.24. The molecule has 0 radical (unpaired) electrons. The van der Waals surface area contributed by atoms with E-state index in [2.05, 4.69) is 20.0 Å². The molecule has 0 aromatic carbocycles. The Bertz CT molecular complexity index is 451. The minimum Gasteiger partial charge on any atom is -0.299 e. The third-order valence-electron chi connectivity index (χ3n) is 1.51. The van der Waals surface area contributed by atoms with Gasteiger partial charge in [-0.3, -0.25) is 10.6 Å². The minimum absolute atomic E-state index is 0.298. The molecule has 2 heterocycles. The third kappa shape index (κ3) is 2.74. The molecule has 2 aromatic heterocycles. The molecule has 0 saturated heterocycles. The number of aryl methyl sites for hydroxylation is 1. The van der Waals surface area contributed by atoms with E-state index < -0.39 is 0 Å². The van der Waals surface area contributed by atoms with E-state index in [1.165, 1.54) is 11.3 Å². The molecule has 0 aliphatic carbocycles. The molecule has 0 bridgehead atoms. The lowest BCUT2D eigenvalue weighted by Gasteiger charge is -2.01. The van der Waals surface area contributed by atoms with E-state index in [1.54, 1.807) is 6.92 Å². The summed E-state index contributed by atoms with van der Waals surface area (Å²) in [5, 5.41) is 8.48. The Hall–Kier alpha value is -1.47. The summed E-state index contributed by atoms with van der Waals surface area (Å²) < 4.78 is 3.96. The van der Waals surface area contributed by atoms with Crippen LogP contribution in [0.3, 0.4) is 0 Å². The van der Waals surface area contributed by atoms with Crippen LogP contribution in [0.1, 0.15) is 5.82 Å². The normalized spacial score (nSPS) is 9.93. The molecule has 0 fully saturated rings. The number of nitrogens with zero attached hydrogens (tertiary/aromatic N) is 2. The Balaban J connectivity index is 1.93. The van der Waals surface area contributed by atoms with Gasteiger partial charge in [-0.2, -0.15) is 4.37 Å². The standard InChI is InChI=1S/C8H8N4OS2/c1-5-9-8(15-12-5)11-7(13)10-6-3-2-4-14-6/h2-4H,1H3,(H2,9,10,11,12,13). The fraction of sp³-hybridized carbons (Fsp3) is 0.125. The van der Waals surface area contributed by atoms with Gasteiger partial charge in [0.1, 0.15) is 5.82 Å². The molecule has 7 heteroatoms. The lowest BCUT2D eigenvalue weighted by Crippen LogP contribution is -2.18. The topological polar surface area (TPSA) is 66.9 Å². The summed E-state index contributed by atoms with van der Waals surface area (Å²) in [6.07, 6.45) is 0. The van der Waals surface area contributed by atoms with Crippen LogP contribution in [-0.4, -0.2) is 15.4 Å². The van der Waals surface area contributed by atoms with Gasteiger partial charge in [0.05, 0.1) is 5.00 Å². The molecular weight excluding hydrogens is 232 g/mol. The predicted molar refractivity (Wildman–Crippen MR) is 61.6 cm³/mol. The van der Waals surface area contributed by atoms with Crippen molar-refractivity contribution in [3.8, 4) is 0 Å². The molecule has 0 spiro atoms. The highest BCUT2D eigenvalue weighted by atomic mass is 32.1. The van der Waals surface area contributed by atoms with E-state index in [0.717, 1.165) is 16.5 Å². The van der Waals surface area contributed by atoms with Gasteiger partial charge in [0, 0.05) is 11.5 Å². The van der Waals surface area contributed by atoms with Crippen molar-refractivity contribution in [2.75, 3.05) is 10.6 Å². The van der Waals surface area contributed by atoms with Crippen LogP contribution in [0, 0.1) is 6.92 Å². The van der Waals surface area contributed by atoms with Crippen molar-refractivity contribution in [2.24, 2.45) is 0 Å². The summed E-state index contributed by atoms with van der Waals surface area (Å²) in [4.78, 5) is 15.4. The summed E-state index contributed by atoms with van der Waals surface area (Å²) in [6.45, 7) is 1.78. The Morgan fingerprint density at radius 1 is 1.47 bits per heavy atom. The smallest absolute Gasteiger partial charge is 0.299 e. The van der Waals surface area contributed by atoms with Gasteiger partial charge in [-0.25, -0.2) is 9.78 Å². The van der Waals surface area contributed by atoms with Crippen LogP contribution in [0.5, 0.6) is 0 Å². The van der Waals surface area contributed by atoms with Gasteiger partial charge < -0.3 is 0 Å². The van der Waals surface area contributed by atoms with E-state index in [1.807, 2.05) is 17.5 Å². The van der Waals surface area contributed by atoms with Gasteiger partial charge in [-0.1, -0.05) is 0 Å². The number of rotatable bonds is 2. The first-order valence-corrected chi connectivity index (χ1v) is 5.81. The van der Waals surface area contributed by atoms with E-state index in [0.29, 0.717) is 11.0 Å². The van der Waals surface area contributed by atoms with Gasteiger partial charge >= 0.3 is 6.03 Å². The zero-order valence-electron chi connectivity index (χ0n) is 7.85. The van der Waals surface area contributed by atoms with Crippen LogP contribution < -0.4 is 10.6 Å². The van der Waals surface area contributed by atoms with Crippen molar-refractivity contribution < 1.29 is 4.79 Å². The molecule has 15 heavy (non-hydrogen) atoms. The Labute approximate surface area is 94.3 Å². The predicted octanol–water partition coefficient (Wildman–Crippen LogP) is 2.55. The molecule has 5 nitrogen and oxygen atoms in total. The Kier molecular flexibility index (Phi) is 2.93. The SMILES string of the molecule is Cc1nsc(NC(=O)Nc2cccs2)n1. The van der Waals surface area contributed by atoms with Crippen LogP contribution in [-0.2, 0) is 0 Å². The molecule has 2 rings (SSSR count). The molecule has 0 aliphatic rings. The molecule has 78 valence electrons. The zero-order chi connectivity index (χ0) is 10.7. The second-order valence-electron chi connectivity index (χ2n) is 2.70. The maximum atomic E-state index is 11.4. The number of thiophene rings is 1. The Morgan fingerprint density at radius 2 is 2.33 bits per heavy atom. The third-order valence-corrected chi connectivity index (χ3v) is 3.01. The van der Waals surface area contributed by atoms with Crippen molar-refractivity contribution in [2.45, 2.75) is 6.92 Å². The molecule has 2 N–H and O–H groups in total. The number of anilines is 2. The lowest BCUT2D eigenvalue weighted by atomic mass is 10.6. The van der Waals surface area contributed by atoms with Crippen LogP contribution in [0.15, 0.2) is 17.5 Å². The van der Waals surface area contributed by atoms with Crippen molar-refractivity contribution in [1.82, 2.24) is 9.36 Å². The number of hydrogen-bond acceptors (Lipinski definition) is 5. The molecule has 2 amide bonds. The number of hydrogen-bond donors (Lipinski definition) is 2. The van der Waals surface area contributed by atoms with Gasteiger partial charge in [-0.05, 0) is 24.4 Å². The summed E-state index contributed by atoms with van der Waals surface area (Å²) in [5.41, 5.74) is 0. The molecule has 0 unspecified atom stereocenters.